The third-order valence-corrected chi connectivity index (χ3v) is 4.53. The number of carboxylic acids is 1. The third-order valence-electron chi connectivity index (χ3n) is 4.53. The summed E-state index contributed by atoms with van der Waals surface area (Å²) >= 11 is 0. The minimum atomic E-state index is -1.22. The van der Waals surface area contributed by atoms with Crippen molar-refractivity contribution < 1.29 is 19.4 Å². The van der Waals surface area contributed by atoms with Gasteiger partial charge in [-0.2, -0.15) is 0 Å². The van der Waals surface area contributed by atoms with Crippen molar-refractivity contribution in [2.75, 3.05) is 6.54 Å². The first-order valence-electron chi connectivity index (χ1n) is 6.87. The van der Waals surface area contributed by atoms with E-state index in [0.29, 0.717) is 13.1 Å². The zero-order chi connectivity index (χ0) is 14.6. The first-order chi connectivity index (χ1) is 10.1. The highest BCUT2D eigenvalue weighted by Gasteiger charge is 2.65. The predicted molar refractivity (Wildman–Crippen MR) is 68.4 cm³/mol. The summed E-state index contributed by atoms with van der Waals surface area (Å²) < 4.78 is 5.78. The molecule has 21 heavy (non-hydrogen) atoms. The van der Waals surface area contributed by atoms with E-state index in [1.54, 1.807) is 17.2 Å². The highest BCUT2D eigenvalue weighted by molar-refractivity contribution is 5.90. The van der Waals surface area contributed by atoms with Crippen LogP contribution in [-0.4, -0.2) is 40.0 Å². The third kappa shape index (κ3) is 1.65. The molecule has 2 saturated heterocycles. The summed E-state index contributed by atoms with van der Waals surface area (Å²) in [4.78, 5) is 29.7. The number of amides is 1. The van der Waals surface area contributed by atoms with Gasteiger partial charge in [0.15, 0.2) is 0 Å². The second kappa shape index (κ2) is 4.14. The van der Waals surface area contributed by atoms with Gasteiger partial charge in [-0.05, 0) is 12.1 Å². The van der Waals surface area contributed by atoms with E-state index in [1.165, 1.54) is 0 Å². The van der Waals surface area contributed by atoms with Crippen molar-refractivity contribution in [1.82, 2.24) is 9.88 Å². The average molecular weight is 285 g/mol. The molecule has 0 N–H and O–H groups in total. The number of aromatic nitrogens is 1. The highest BCUT2D eigenvalue weighted by atomic mass is 16.5. The first kappa shape index (κ1) is 12.5. The number of rotatable bonds is 3. The van der Waals surface area contributed by atoms with Gasteiger partial charge in [0.1, 0.15) is 5.60 Å². The maximum atomic E-state index is 12.6. The van der Waals surface area contributed by atoms with E-state index in [0.717, 1.165) is 5.69 Å². The Labute approximate surface area is 121 Å². The van der Waals surface area contributed by atoms with E-state index < -0.39 is 29.5 Å². The van der Waals surface area contributed by atoms with Crippen molar-refractivity contribution in [3.63, 3.8) is 0 Å². The molecule has 4 atom stereocenters. The van der Waals surface area contributed by atoms with Gasteiger partial charge >= 0.3 is 0 Å². The standard InChI is InChI=1S/C15H14N2O4/c18-13-12-11(14(19)20)10-4-5-15(12,21-10)8-17(13)7-9-3-1-2-6-16-9/h1-6,10-12H,7-8H2,(H,19,20)/p-1/t10-,11-,12+,15-/m1/s1. The molecule has 6 heteroatoms. The van der Waals surface area contributed by atoms with Gasteiger partial charge in [0.05, 0.1) is 30.8 Å². The lowest BCUT2D eigenvalue weighted by Crippen LogP contribution is -2.45. The smallest absolute Gasteiger partial charge is 0.230 e. The van der Waals surface area contributed by atoms with Crippen molar-refractivity contribution >= 4 is 11.9 Å². The largest absolute Gasteiger partial charge is 0.550 e. The molecule has 2 fully saturated rings. The van der Waals surface area contributed by atoms with Crippen LogP contribution in [0.3, 0.4) is 0 Å². The molecule has 0 aromatic carbocycles. The second-order valence-corrected chi connectivity index (χ2v) is 5.73. The SMILES string of the molecule is O=C([O-])[C@H]1[C@H]2C(=O)N(Cc3ccccn3)C[C@]23C=C[C@H]1O3. The van der Waals surface area contributed by atoms with Crippen molar-refractivity contribution in [1.29, 1.82) is 0 Å². The quantitative estimate of drug-likeness (QED) is 0.673. The molecule has 4 heterocycles. The van der Waals surface area contributed by atoms with Crippen LogP contribution in [0.2, 0.25) is 0 Å². The Morgan fingerprint density at radius 1 is 1.52 bits per heavy atom. The van der Waals surface area contributed by atoms with Gasteiger partial charge in [-0.1, -0.05) is 18.2 Å². The van der Waals surface area contributed by atoms with Crippen molar-refractivity contribution in [3.05, 3.63) is 42.2 Å². The van der Waals surface area contributed by atoms with Crippen LogP contribution >= 0.6 is 0 Å². The zero-order valence-electron chi connectivity index (χ0n) is 11.1. The summed E-state index contributed by atoms with van der Waals surface area (Å²) in [5.74, 6) is -2.98. The summed E-state index contributed by atoms with van der Waals surface area (Å²) in [6, 6.07) is 5.50. The van der Waals surface area contributed by atoms with Crippen LogP contribution in [0.5, 0.6) is 0 Å². The molecule has 0 saturated carbocycles. The summed E-state index contributed by atoms with van der Waals surface area (Å²) in [6.07, 6.45) is 4.69. The number of carboxylic acid groups (broad SMARTS) is 1. The van der Waals surface area contributed by atoms with E-state index in [1.807, 2.05) is 24.3 Å². The van der Waals surface area contributed by atoms with Crippen molar-refractivity contribution in [3.8, 4) is 0 Å². The van der Waals surface area contributed by atoms with Gasteiger partial charge < -0.3 is 19.5 Å². The summed E-state index contributed by atoms with van der Waals surface area (Å²) in [7, 11) is 0. The number of hydrogen-bond donors (Lipinski definition) is 0. The number of pyridine rings is 1. The molecule has 1 aromatic rings. The highest BCUT2D eigenvalue weighted by Crippen LogP contribution is 2.51. The topological polar surface area (TPSA) is 82.6 Å². The van der Waals surface area contributed by atoms with Crippen LogP contribution < -0.4 is 5.11 Å². The van der Waals surface area contributed by atoms with Crippen LogP contribution in [0.1, 0.15) is 5.69 Å². The van der Waals surface area contributed by atoms with Crippen molar-refractivity contribution in [2.24, 2.45) is 11.8 Å². The Morgan fingerprint density at radius 2 is 2.38 bits per heavy atom. The minimum Gasteiger partial charge on any atom is -0.550 e. The van der Waals surface area contributed by atoms with Crippen LogP contribution in [0.15, 0.2) is 36.5 Å². The Bertz CT molecular complexity index is 644. The lowest BCUT2D eigenvalue weighted by atomic mass is 9.77. The van der Waals surface area contributed by atoms with E-state index in [-0.39, 0.29) is 5.91 Å². The first-order valence-corrected chi connectivity index (χ1v) is 6.87. The fourth-order valence-electron chi connectivity index (χ4n) is 3.67. The number of fused-ring (bicyclic) bond motifs is 1. The molecule has 3 aliphatic rings. The number of carbonyl (C=O) groups is 2. The number of nitrogens with zero attached hydrogens (tertiary/aromatic N) is 2. The monoisotopic (exact) mass is 285 g/mol. The fraction of sp³-hybridized carbons (Fsp3) is 0.400. The second-order valence-electron chi connectivity index (χ2n) is 5.73. The number of likely N-dealkylation sites (tertiary alicyclic amines) is 1. The molecule has 0 aliphatic carbocycles. The van der Waals surface area contributed by atoms with E-state index >= 15 is 0 Å². The molecule has 2 bridgehead atoms. The normalized spacial score (nSPS) is 36.3. The van der Waals surface area contributed by atoms with E-state index in [9.17, 15) is 14.7 Å². The van der Waals surface area contributed by atoms with Gasteiger partial charge in [-0.25, -0.2) is 0 Å². The molecule has 0 unspecified atom stereocenters. The van der Waals surface area contributed by atoms with E-state index in [2.05, 4.69) is 4.98 Å². The molecule has 0 radical (unpaired) electrons. The van der Waals surface area contributed by atoms with Gasteiger partial charge in [0, 0.05) is 18.1 Å². The molecule has 108 valence electrons. The minimum absolute atomic E-state index is 0.193. The molecule has 1 spiro atoms. The van der Waals surface area contributed by atoms with Crippen LogP contribution in [0, 0.1) is 11.8 Å². The zero-order valence-corrected chi connectivity index (χ0v) is 11.1. The van der Waals surface area contributed by atoms with Gasteiger partial charge in [-0.15, -0.1) is 0 Å². The number of aliphatic carboxylic acids is 1. The summed E-state index contributed by atoms with van der Waals surface area (Å²) in [5.41, 5.74) is -0.0351. The van der Waals surface area contributed by atoms with Crippen LogP contribution in [0.25, 0.3) is 0 Å². The number of hydrogen-bond acceptors (Lipinski definition) is 5. The molecular weight excluding hydrogens is 272 g/mol. The van der Waals surface area contributed by atoms with E-state index in [4.69, 9.17) is 4.74 Å². The molecular formula is C15H13N2O4-. The Kier molecular flexibility index (Phi) is 2.47. The van der Waals surface area contributed by atoms with Crippen LogP contribution in [0.4, 0.5) is 0 Å². The summed E-state index contributed by atoms with van der Waals surface area (Å²) in [6.45, 7) is 0.726. The van der Waals surface area contributed by atoms with Crippen LogP contribution in [-0.2, 0) is 20.9 Å². The molecule has 4 rings (SSSR count). The Hall–Kier alpha value is -2.21. The van der Waals surface area contributed by atoms with Gasteiger partial charge in [0.2, 0.25) is 5.91 Å². The summed E-state index contributed by atoms with van der Waals surface area (Å²) in [5, 5.41) is 11.3. The molecule has 1 amide bonds. The number of carbonyl (C=O) groups excluding carboxylic acids is 2. The van der Waals surface area contributed by atoms with Gasteiger partial charge in [-0.3, -0.25) is 9.78 Å². The Morgan fingerprint density at radius 3 is 3.10 bits per heavy atom. The average Bonchev–Trinajstić information content (AvgIpc) is 3.09. The lowest BCUT2D eigenvalue weighted by Gasteiger charge is -2.24. The molecule has 6 nitrogen and oxygen atoms in total. The predicted octanol–water partition coefficient (Wildman–Crippen LogP) is -0.886. The van der Waals surface area contributed by atoms with Crippen molar-refractivity contribution in [2.45, 2.75) is 18.2 Å². The number of ether oxygens (including phenoxy) is 1. The molecule has 3 aliphatic heterocycles. The fourth-order valence-corrected chi connectivity index (χ4v) is 3.67. The molecule has 1 aromatic heterocycles. The lowest BCUT2D eigenvalue weighted by molar-refractivity contribution is -0.313. The Balaban J connectivity index is 1.63. The maximum absolute atomic E-state index is 12.6. The van der Waals surface area contributed by atoms with Gasteiger partial charge in [0.25, 0.3) is 0 Å². The maximum Gasteiger partial charge on any atom is 0.230 e.